The molecule has 3 aromatic carbocycles. The Bertz CT molecular complexity index is 1240. The molecule has 8 nitrogen and oxygen atoms in total. The summed E-state index contributed by atoms with van der Waals surface area (Å²) >= 11 is 5.92. The molecule has 0 amide bonds. The molecule has 11 heteroatoms. The molecule has 0 unspecified atom stereocenters. The van der Waals surface area contributed by atoms with Crippen LogP contribution >= 0.6 is 11.6 Å². The van der Waals surface area contributed by atoms with Gasteiger partial charge < -0.3 is 26.8 Å². The molecule has 0 bridgehead atoms. The van der Waals surface area contributed by atoms with E-state index in [9.17, 15) is 23.4 Å². The van der Waals surface area contributed by atoms with Crippen LogP contribution in [0.3, 0.4) is 0 Å². The molecule has 0 radical (unpaired) electrons. The Morgan fingerprint density at radius 2 is 1.74 bits per heavy atom. The first-order valence-corrected chi connectivity index (χ1v) is 11.7. The standard InChI is InChI=1S/C23H22ClNO7S.Na.H/c24-16-3-1-2-15(12-16)22(27)14-25-10-11-32-17-4-6-18(7-5-17)33(30,31)19-8-9-21(26)20(13-19)23(28)29;;/h1-9,12-13,22,25-27H,10-11,14H2,(H,28,29);;/q;+1;-1/t22-;;/m1../s1. The Morgan fingerprint density at radius 1 is 1.06 bits per heavy atom. The van der Waals surface area contributed by atoms with Crippen LogP contribution in [0.15, 0.2) is 76.5 Å². The molecule has 0 aliphatic heterocycles. The SMILES string of the molecule is O=C(O)c1cc(S(=O)(=O)c2ccc(OCCNC[C@@H](O)c3cccc(Cl)c3)cc2)ccc1O.[H-].[Na+]. The van der Waals surface area contributed by atoms with Gasteiger partial charge in [0.05, 0.1) is 15.9 Å². The van der Waals surface area contributed by atoms with E-state index in [1.54, 1.807) is 24.3 Å². The number of nitrogens with one attached hydrogen (secondary N) is 1. The van der Waals surface area contributed by atoms with Gasteiger partial charge in [-0.15, -0.1) is 0 Å². The van der Waals surface area contributed by atoms with Gasteiger partial charge in [0.15, 0.2) is 0 Å². The van der Waals surface area contributed by atoms with Gasteiger partial charge in [-0.05, 0) is 60.2 Å². The summed E-state index contributed by atoms with van der Waals surface area (Å²) in [6.07, 6.45) is -0.713. The molecule has 1 atom stereocenters. The van der Waals surface area contributed by atoms with Crippen molar-refractivity contribution in [2.24, 2.45) is 0 Å². The van der Waals surface area contributed by atoms with Crippen LogP contribution in [0.2, 0.25) is 5.02 Å². The quantitative estimate of drug-likeness (QED) is 0.225. The molecule has 176 valence electrons. The van der Waals surface area contributed by atoms with Gasteiger partial charge in [0.2, 0.25) is 9.84 Å². The summed E-state index contributed by atoms with van der Waals surface area (Å²) < 4.78 is 31.1. The predicted molar refractivity (Wildman–Crippen MR) is 123 cm³/mol. The van der Waals surface area contributed by atoms with E-state index in [1.807, 2.05) is 0 Å². The topological polar surface area (TPSA) is 133 Å². The Balaban J connectivity index is 0.00000306. The number of aromatic carboxylic acids is 1. The molecular formula is C23H23ClNNaO7S. The van der Waals surface area contributed by atoms with E-state index in [4.69, 9.17) is 21.4 Å². The molecule has 34 heavy (non-hydrogen) atoms. The first-order valence-electron chi connectivity index (χ1n) is 9.87. The third-order valence-electron chi connectivity index (χ3n) is 4.76. The number of hydrogen-bond acceptors (Lipinski definition) is 7. The number of carboxylic acids is 1. The Labute approximate surface area is 225 Å². The van der Waals surface area contributed by atoms with Crippen molar-refractivity contribution in [3.05, 3.63) is 82.9 Å². The van der Waals surface area contributed by atoms with Crippen LogP contribution in [-0.4, -0.2) is 49.4 Å². The maximum absolute atomic E-state index is 12.8. The molecule has 0 fully saturated rings. The molecular weight excluding hydrogens is 493 g/mol. The van der Waals surface area contributed by atoms with E-state index in [-0.39, 0.29) is 47.4 Å². The largest absolute Gasteiger partial charge is 1.00 e. The fourth-order valence-corrected chi connectivity index (χ4v) is 4.50. The van der Waals surface area contributed by atoms with Crippen LogP contribution in [0.4, 0.5) is 0 Å². The van der Waals surface area contributed by atoms with E-state index < -0.39 is 33.2 Å². The zero-order chi connectivity index (χ0) is 24.0. The zero-order valence-corrected chi connectivity index (χ0v) is 21.9. The van der Waals surface area contributed by atoms with Gasteiger partial charge in [-0.3, -0.25) is 0 Å². The van der Waals surface area contributed by atoms with Crippen LogP contribution in [0, 0.1) is 0 Å². The van der Waals surface area contributed by atoms with Gasteiger partial charge in [0, 0.05) is 18.1 Å². The summed E-state index contributed by atoms with van der Waals surface area (Å²) in [5, 5.41) is 32.4. The summed E-state index contributed by atoms with van der Waals surface area (Å²) in [7, 11) is -3.98. The summed E-state index contributed by atoms with van der Waals surface area (Å²) in [5.74, 6) is -1.50. The number of hydrogen-bond donors (Lipinski definition) is 4. The van der Waals surface area contributed by atoms with Crippen molar-refractivity contribution in [2.75, 3.05) is 19.7 Å². The van der Waals surface area contributed by atoms with Crippen molar-refractivity contribution < 1.29 is 64.3 Å². The first kappa shape index (κ1) is 28.1. The number of halogens is 1. The number of carbonyl (C=O) groups is 1. The van der Waals surface area contributed by atoms with E-state index >= 15 is 0 Å². The Hall–Kier alpha value is -2.11. The molecule has 0 aromatic heterocycles. The molecule has 0 saturated heterocycles. The number of sulfone groups is 1. The Morgan fingerprint density at radius 3 is 2.38 bits per heavy atom. The molecule has 3 aromatic rings. The second kappa shape index (κ2) is 12.6. The second-order valence-corrected chi connectivity index (χ2v) is 9.47. The average Bonchev–Trinajstić information content (AvgIpc) is 2.79. The number of phenols is 1. The number of aromatic hydroxyl groups is 1. The number of aliphatic hydroxyl groups excluding tert-OH is 1. The van der Waals surface area contributed by atoms with Gasteiger partial charge in [-0.2, -0.15) is 0 Å². The summed E-state index contributed by atoms with van der Waals surface area (Å²) in [6, 6.07) is 15.8. The van der Waals surface area contributed by atoms with E-state index in [0.29, 0.717) is 29.4 Å². The second-order valence-electron chi connectivity index (χ2n) is 7.08. The third-order valence-corrected chi connectivity index (χ3v) is 6.76. The number of rotatable bonds is 10. The van der Waals surface area contributed by atoms with Crippen molar-refractivity contribution in [1.29, 1.82) is 0 Å². The fraction of sp³-hybridized carbons (Fsp3) is 0.174. The fourth-order valence-electron chi connectivity index (χ4n) is 3.02. The number of aliphatic hydroxyl groups is 1. The minimum atomic E-state index is -3.98. The van der Waals surface area contributed by atoms with Crippen molar-refractivity contribution in [3.8, 4) is 11.5 Å². The molecule has 0 saturated carbocycles. The summed E-state index contributed by atoms with van der Waals surface area (Å²) in [6.45, 7) is 1.04. The Kier molecular flexibility index (Phi) is 10.4. The van der Waals surface area contributed by atoms with Crippen molar-refractivity contribution in [1.82, 2.24) is 5.32 Å². The number of carboxylic acid groups (broad SMARTS) is 1. The van der Waals surface area contributed by atoms with Gasteiger partial charge in [0.1, 0.15) is 23.7 Å². The third kappa shape index (κ3) is 7.19. The smallest absolute Gasteiger partial charge is 1.00 e. The van der Waals surface area contributed by atoms with Crippen LogP contribution in [0.1, 0.15) is 23.5 Å². The van der Waals surface area contributed by atoms with Crippen LogP contribution in [0.25, 0.3) is 0 Å². The van der Waals surface area contributed by atoms with E-state index in [0.717, 1.165) is 18.2 Å². The zero-order valence-electron chi connectivity index (χ0n) is 19.3. The van der Waals surface area contributed by atoms with Crippen LogP contribution in [0.5, 0.6) is 11.5 Å². The van der Waals surface area contributed by atoms with Crippen molar-refractivity contribution in [3.63, 3.8) is 0 Å². The van der Waals surface area contributed by atoms with Gasteiger partial charge in [-0.1, -0.05) is 23.7 Å². The molecule has 4 N–H and O–H groups in total. The molecule has 3 rings (SSSR count). The summed E-state index contributed by atoms with van der Waals surface area (Å²) in [5.41, 5.74) is 0.209. The van der Waals surface area contributed by atoms with Crippen LogP contribution in [-0.2, 0) is 9.84 Å². The minimum Gasteiger partial charge on any atom is -1.00 e. The molecule has 0 aliphatic carbocycles. The predicted octanol–water partition coefficient (Wildman–Crippen LogP) is 0.395. The van der Waals surface area contributed by atoms with Crippen molar-refractivity contribution >= 4 is 27.4 Å². The average molecular weight is 516 g/mol. The monoisotopic (exact) mass is 515 g/mol. The van der Waals surface area contributed by atoms with Crippen LogP contribution < -0.4 is 39.6 Å². The normalized spacial score (nSPS) is 11.9. The molecule has 0 heterocycles. The van der Waals surface area contributed by atoms with E-state index in [2.05, 4.69) is 5.32 Å². The molecule has 0 aliphatic rings. The van der Waals surface area contributed by atoms with Gasteiger partial charge in [0.25, 0.3) is 0 Å². The molecule has 0 spiro atoms. The summed E-state index contributed by atoms with van der Waals surface area (Å²) in [4.78, 5) is 10.9. The minimum absolute atomic E-state index is 0. The number of ether oxygens (including phenoxy) is 1. The van der Waals surface area contributed by atoms with Gasteiger partial charge in [-0.25, -0.2) is 13.2 Å². The van der Waals surface area contributed by atoms with Gasteiger partial charge >= 0.3 is 35.5 Å². The van der Waals surface area contributed by atoms with Crippen molar-refractivity contribution in [2.45, 2.75) is 15.9 Å². The number of benzene rings is 3. The van der Waals surface area contributed by atoms with E-state index in [1.165, 1.54) is 24.3 Å². The first-order chi connectivity index (χ1) is 15.7. The maximum Gasteiger partial charge on any atom is 1.00 e. The maximum atomic E-state index is 12.8.